The molecule has 0 amide bonds. The van der Waals surface area contributed by atoms with Crippen molar-refractivity contribution in [2.75, 3.05) is 0 Å². The molecule has 0 heterocycles. The number of benzene rings is 1. The molecule has 0 aromatic heterocycles. The Morgan fingerprint density at radius 3 is 2.52 bits per heavy atom. The number of carbonyl (C=O) groups excluding carboxylic acids is 2. The minimum Gasteiger partial charge on any atom is -0.507 e. The molecule has 0 bridgehead atoms. The van der Waals surface area contributed by atoms with Gasteiger partial charge in [0.25, 0.3) is 0 Å². The van der Waals surface area contributed by atoms with Gasteiger partial charge in [-0.25, -0.2) is 0 Å². The number of phenols is 1. The highest BCUT2D eigenvalue weighted by Gasteiger charge is 2.27. The standard InChI is InChI=1S/C17H23NO3/c1-3-13(19)15-11-8-6-5-7-10(11)9-12(17(15)21)16(18)14(20)4-2/h9,16,21H,3-8,18H2,1-2H3. The molecule has 2 rings (SSSR count). The van der Waals surface area contributed by atoms with Gasteiger partial charge < -0.3 is 10.8 Å². The summed E-state index contributed by atoms with van der Waals surface area (Å²) in [6, 6.07) is 0.972. The zero-order chi connectivity index (χ0) is 15.6. The van der Waals surface area contributed by atoms with Crippen molar-refractivity contribution in [1.82, 2.24) is 0 Å². The molecule has 1 aromatic carbocycles. The van der Waals surface area contributed by atoms with Crippen LogP contribution in [0.3, 0.4) is 0 Å². The van der Waals surface area contributed by atoms with Crippen molar-refractivity contribution in [2.24, 2.45) is 5.73 Å². The summed E-state index contributed by atoms with van der Waals surface area (Å²) in [7, 11) is 0. The SMILES string of the molecule is CCC(=O)c1c(O)c(C(N)C(=O)CC)cc2c1CCCC2. The van der Waals surface area contributed by atoms with Crippen LogP contribution in [-0.4, -0.2) is 16.7 Å². The predicted molar refractivity (Wildman–Crippen MR) is 81.6 cm³/mol. The number of aryl methyl sites for hydroxylation is 1. The van der Waals surface area contributed by atoms with Crippen molar-refractivity contribution >= 4 is 11.6 Å². The van der Waals surface area contributed by atoms with Crippen LogP contribution in [0, 0.1) is 0 Å². The number of ketones is 2. The zero-order valence-corrected chi connectivity index (χ0v) is 12.7. The summed E-state index contributed by atoms with van der Waals surface area (Å²) in [5, 5.41) is 10.5. The average Bonchev–Trinajstić information content (AvgIpc) is 2.52. The Bertz CT molecular complexity index is 578. The Labute approximate surface area is 125 Å². The molecule has 0 fully saturated rings. The van der Waals surface area contributed by atoms with Crippen LogP contribution in [0.15, 0.2) is 6.07 Å². The number of aromatic hydroxyl groups is 1. The summed E-state index contributed by atoms with van der Waals surface area (Å²) in [5.41, 5.74) is 8.78. The predicted octanol–water partition coefficient (Wildman–Crippen LogP) is 2.84. The summed E-state index contributed by atoms with van der Waals surface area (Å²) < 4.78 is 0. The van der Waals surface area contributed by atoms with E-state index in [-0.39, 0.29) is 17.3 Å². The van der Waals surface area contributed by atoms with Gasteiger partial charge in [-0.3, -0.25) is 9.59 Å². The smallest absolute Gasteiger partial charge is 0.166 e. The van der Waals surface area contributed by atoms with Crippen LogP contribution >= 0.6 is 0 Å². The number of carbonyl (C=O) groups is 2. The molecule has 1 aliphatic rings. The maximum absolute atomic E-state index is 12.2. The number of rotatable bonds is 5. The van der Waals surface area contributed by atoms with E-state index in [1.807, 2.05) is 6.07 Å². The summed E-state index contributed by atoms with van der Waals surface area (Å²) in [6.45, 7) is 3.52. The summed E-state index contributed by atoms with van der Waals surface area (Å²) in [6.07, 6.45) is 4.42. The van der Waals surface area contributed by atoms with Crippen molar-refractivity contribution in [3.63, 3.8) is 0 Å². The summed E-state index contributed by atoms with van der Waals surface area (Å²) >= 11 is 0. The van der Waals surface area contributed by atoms with E-state index in [0.29, 0.717) is 24.0 Å². The van der Waals surface area contributed by atoms with Gasteiger partial charge in [-0.15, -0.1) is 0 Å². The summed E-state index contributed by atoms with van der Waals surface area (Å²) in [5.74, 6) is -0.295. The number of Topliss-reactive ketones (excluding diaryl/α,β-unsaturated/α-hetero) is 2. The number of hydrogen-bond acceptors (Lipinski definition) is 4. The maximum Gasteiger partial charge on any atom is 0.166 e. The highest BCUT2D eigenvalue weighted by molar-refractivity contribution is 6.01. The zero-order valence-electron chi connectivity index (χ0n) is 12.7. The van der Waals surface area contributed by atoms with Crippen molar-refractivity contribution in [1.29, 1.82) is 0 Å². The first-order chi connectivity index (χ1) is 10.0. The second kappa shape index (κ2) is 6.39. The van der Waals surface area contributed by atoms with Gasteiger partial charge in [0, 0.05) is 18.4 Å². The average molecular weight is 289 g/mol. The van der Waals surface area contributed by atoms with Gasteiger partial charge in [-0.1, -0.05) is 13.8 Å². The molecule has 21 heavy (non-hydrogen) atoms. The van der Waals surface area contributed by atoms with E-state index in [4.69, 9.17) is 5.73 Å². The Morgan fingerprint density at radius 1 is 1.24 bits per heavy atom. The lowest BCUT2D eigenvalue weighted by molar-refractivity contribution is -0.120. The van der Waals surface area contributed by atoms with Crippen LogP contribution < -0.4 is 5.73 Å². The molecule has 0 spiro atoms. The van der Waals surface area contributed by atoms with Crippen LogP contribution in [0.5, 0.6) is 5.75 Å². The summed E-state index contributed by atoms with van der Waals surface area (Å²) in [4.78, 5) is 24.1. The molecule has 1 aromatic rings. The molecule has 0 saturated carbocycles. The topological polar surface area (TPSA) is 80.4 Å². The minimum absolute atomic E-state index is 0.0800. The van der Waals surface area contributed by atoms with Gasteiger partial charge in [0.15, 0.2) is 11.6 Å². The Hall–Kier alpha value is -1.68. The van der Waals surface area contributed by atoms with Crippen LogP contribution in [0.2, 0.25) is 0 Å². The largest absolute Gasteiger partial charge is 0.507 e. The molecule has 4 nitrogen and oxygen atoms in total. The second-order valence-corrected chi connectivity index (χ2v) is 5.61. The molecular weight excluding hydrogens is 266 g/mol. The van der Waals surface area contributed by atoms with E-state index in [2.05, 4.69) is 0 Å². The fourth-order valence-corrected chi connectivity index (χ4v) is 3.02. The molecule has 1 aliphatic carbocycles. The fraction of sp³-hybridized carbons (Fsp3) is 0.529. The van der Waals surface area contributed by atoms with Crippen LogP contribution in [0.4, 0.5) is 0 Å². The van der Waals surface area contributed by atoms with E-state index >= 15 is 0 Å². The third-order valence-electron chi connectivity index (χ3n) is 4.28. The maximum atomic E-state index is 12.2. The number of fused-ring (bicyclic) bond motifs is 1. The van der Waals surface area contributed by atoms with E-state index in [9.17, 15) is 14.7 Å². The van der Waals surface area contributed by atoms with Gasteiger partial charge in [-0.05, 0) is 42.9 Å². The van der Waals surface area contributed by atoms with Gasteiger partial charge in [0.05, 0.1) is 11.6 Å². The Balaban J connectivity index is 2.62. The number of phenolic OH excluding ortho intramolecular Hbond substituents is 1. The number of hydrogen-bond donors (Lipinski definition) is 2. The molecule has 1 atom stereocenters. The lowest BCUT2D eigenvalue weighted by Crippen LogP contribution is -2.23. The minimum atomic E-state index is -0.856. The monoisotopic (exact) mass is 289 g/mol. The first kappa shape index (κ1) is 15.7. The highest BCUT2D eigenvalue weighted by Crippen LogP contribution is 2.37. The molecule has 3 N–H and O–H groups in total. The van der Waals surface area contributed by atoms with Crippen molar-refractivity contribution < 1.29 is 14.7 Å². The van der Waals surface area contributed by atoms with Gasteiger partial charge in [0.1, 0.15) is 5.75 Å². The van der Waals surface area contributed by atoms with Crippen LogP contribution in [-0.2, 0) is 17.6 Å². The first-order valence-corrected chi connectivity index (χ1v) is 7.70. The number of nitrogens with two attached hydrogens (primary N) is 1. The van der Waals surface area contributed by atoms with Crippen LogP contribution in [0.1, 0.15) is 72.6 Å². The Kier molecular flexibility index (Phi) is 4.78. The molecule has 0 aliphatic heterocycles. The molecule has 4 heteroatoms. The molecule has 114 valence electrons. The van der Waals surface area contributed by atoms with Crippen LogP contribution in [0.25, 0.3) is 0 Å². The quantitative estimate of drug-likeness (QED) is 0.817. The second-order valence-electron chi connectivity index (χ2n) is 5.61. The Morgan fingerprint density at radius 2 is 1.90 bits per heavy atom. The highest BCUT2D eigenvalue weighted by atomic mass is 16.3. The van der Waals surface area contributed by atoms with Gasteiger partial charge in [-0.2, -0.15) is 0 Å². The molecule has 0 radical (unpaired) electrons. The molecular formula is C17H23NO3. The normalized spacial score (nSPS) is 15.4. The molecule has 1 unspecified atom stereocenters. The fourth-order valence-electron chi connectivity index (χ4n) is 3.02. The van der Waals surface area contributed by atoms with Crippen molar-refractivity contribution in [3.05, 3.63) is 28.3 Å². The van der Waals surface area contributed by atoms with Crippen molar-refractivity contribution in [3.8, 4) is 5.75 Å². The molecule has 0 saturated heterocycles. The van der Waals surface area contributed by atoms with E-state index < -0.39 is 6.04 Å². The first-order valence-electron chi connectivity index (χ1n) is 7.70. The third-order valence-corrected chi connectivity index (χ3v) is 4.28. The van der Waals surface area contributed by atoms with Gasteiger partial charge >= 0.3 is 0 Å². The van der Waals surface area contributed by atoms with E-state index in [1.54, 1.807) is 13.8 Å². The lowest BCUT2D eigenvalue weighted by atomic mass is 9.82. The van der Waals surface area contributed by atoms with E-state index in [0.717, 1.165) is 36.8 Å². The lowest BCUT2D eigenvalue weighted by Gasteiger charge is -2.23. The van der Waals surface area contributed by atoms with Crippen molar-refractivity contribution in [2.45, 2.75) is 58.4 Å². The third kappa shape index (κ3) is 2.86. The van der Waals surface area contributed by atoms with Gasteiger partial charge in [0.2, 0.25) is 0 Å². The van der Waals surface area contributed by atoms with E-state index in [1.165, 1.54) is 0 Å².